The summed E-state index contributed by atoms with van der Waals surface area (Å²) in [7, 11) is 0. The molecule has 6 nitrogen and oxygen atoms in total. The quantitative estimate of drug-likeness (QED) is 0.582. The van der Waals surface area contributed by atoms with E-state index in [1.54, 1.807) is 24.3 Å². The van der Waals surface area contributed by atoms with Crippen LogP contribution in [-0.2, 0) is 4.79 Å². The lowest BCUT2D eigenvalue weighted by atomic mass is 10.1. The van der Waals surface area contributed by atoms with E-state index >= 15 is 0 Å². The van der Waals surface area contributed by atoms with Crippen LogP contribution in [0.15, 0.2) is 24.3 Å². The van der Waals surface area contributed by atoms with Gasteiger partial charge in [0, 0.05) is 6.42 Å². The first-order chi connectivity index (χ1) is 9.11. The Balaban J connectivity index is 1.88. The van der Waals surface area contributed by atoms with Gasteiger partial charge in [0.05, 0.1) is 17.8 Å². The third kappa shape index (κ3) is 2.79. The Kier molecular flexibility index (Phi) is 3.91. The number of carboxylic acids is 1. The highest BCUT2D eigenvalue weighted by Crippen LogP contribution is 2.21. The van der Waals surface area contributed by atoms with Gasteiger partial charge in [-0.1, -0.05) is 12.1 Å². The highest BCUT2D eigenvalue weighted by atomic mass is 16.4. The van der Waals surface area contributed by atoms with E-state index in [-0.39, 0.29) is 24.9 Å². The Morgan fingerprint density at radius 3 is 2.26 bits per heavy atom. The highest BCUT2D eigenvalue weighted by Gasteiger charge is 2.34. The van der Waals surface area contributed by atoms with Crippen LogP contribution in [0.5, 0.6) is 0 Å². The zero-order chi connectivity index (χ0) is 13.8. The summed E-state index contributed by atoms with van der Waals surface area (Å²) in [5.41, 5.74) is 0.833. The number of hydrogen-bond acceptors (Lipinski definition) is 4. The van der Waals surface area contributed by atoms with Gasteiger partial charge in [0.25, 0.3) is 11.8 Å². The fourth-order valence-electron chi connectivity index (χ4n) is 1.94. The van der Waals surface area contributed by atoms with Crippen LogP contribution < -0.4 is 5.32 Å². The number of aliphatic carboxylic acids is 1. The maximum Gasteiger partial charge on any atom is 0.303 e. The van der Waals surface area contributed by atoms with Crippen LogP contribution in [0, 0.1) is 0 Å². The van der Waals surface area contributed by atoms with Gasteiger partial charge in [-0.25, -0.2) is 0 Å². The summed E-state index contributed by atoms with van der Waals surface area (Å²) in [4.78, 5) is 35.4. The number of hydrogen-bond donors (Lipinski definition) is 2. The lowest BCUT2D eigenvalue weighted by Gasteiger charge is -2.14. The van der Waals surface area contributed by atoms with Gasteiger partial charge in [0.2, 0.25) is 0 Å². The van der Waals surface area contributed by atoms with Gasteiger partial charge in [0.15, 0.2) is 0 Å². The van der Waals surface area contributed by atoms with E-state index in [0.717, 1.165) is 4.90 Å². The Morgan fingerprint density at radius 2 is 1.74 bits per heavy atom. The molecule has 0 saturated carbocycles. The Bertz CT molecular complexity index is 492. The van der Waals surface area contributed by atoms with Gasteiger partial charge in [-0.3, -0.25) is 24.6 Å². The van der Waals surface area contributed by atoms with Crippen molar-refractivity contribution in [3.63, 3.8) is 0 Å². The maximum absolute atomic E-state index is 12.0. The number of carbonyl (C=O) groups excluding carboxylic acids is 2. The van der Waals surface area contributed by atoms with Crippen LogP contribution >= 0.6 is 0 Å². The fraction of sp³-hybridized carbons (Fsp3) is 0.308. The summed E-state index contributed by atoms with van der Waals surface area (Å²) in [5, 5.41) is 11.4. The smallest absolute Gasteiger partial charge is 0.303 e. The maximum atomic E-state index is 12.0. The molecule has 0 unspecified atom stereocenters. The summed E-state index contributed by atoms with van der Waals surface area (Å²) in [5.74, 6) is -1.49. The number of amides is 2. The number of carbonyl (C=O) groups is 3. The zero-order valence-corrected chi connectivity index (χ0v) is 10.3. The van der Waals surface area contributed by atoms with Gasteiger partial charge < -0.3 is 5.11 Å². The molecule has 100 valence electrons. The second-order valence-electron chi connectivity index (χ2n) is 4.24. The van der Waals surface area contributed by atoms with Crippen LogP contribution in [0.4, 0.5) is 0 Å². The molecule has 0 spiro atoms. The molecule has 0 radical (unpaired) electrons. The average molecular weight is 262 g/mol. The number of nitrogens with zero attached hydrogens (tertiary/aromatic N) is 1. The molecular formula is C13H14N2O4. The Hall–Kier alpha value is -2.21. The molecule has 1 aliphatic heterocycles. The third-order valence-electron chi connectivity index (χ3n) is 2.89. The van der Waals surface area contributed by atoms with Crippen LogP contribution in [-0.4, -0.2) is 41.0 Å². The summed E-state index contributed by atoms with van der Waals surface area (Å²) < 4.78 is 0. The SMILES string of the molecule is O=C(O)CCCNCN1C(=O)c2ccccc2C1=O. The minimum Gasteiger partial charge on any atom is -0.481 e. The normalized spacial score (nSPS) is 13.8. The minimum atomic E-state index is -0.859. The monoisotopic (exact) mass is 262 g/mol. The van der Waals surface area contributed by atoms with Crippen LogP contribution in [0.3, 0.4) is 0 Å². The van der Waals surface area contributed by atoms with E-state index < -0.39 is 5.97 Å². The fourth-order valence-corrected chi connectivity index (χ4v) is 1.94. The molecule has 2 amide bonds. The molecule has 1 aromatic carbocycles. The molecule has 1 aliphatic rings. The Labute approximate surface area is 110 Å². The zero-order valence-electron chi connectivity index (χ0n) is 10.3. The van der Waals surface area contributed by atoms with Gasteiger partial charge in [-0.15, -0.1) is 0 Å². The number of rotatable bonds is 6. The molecule has 0 bridgehead atoms. The van der Waals surface area contributed by atoms with Gasteiger partial charge >= 0.3 is 5.97 Å². The third-order valence-corrected chi connectivity index (χ3v) is 2.89. The second kappa shape index (κ2) is 5.62. The molecular weight excluding hydrogens is 248 g/mol. The molecule has 2 N–H and O–H groups in total. The lowest BCUT2D eigenvalue weighted by molar-refractivity contribution is -0.137. The summed E-state index contributed by atoms with van der Waals surface area (Å²) in [6, 6.07) is 6.68. The summed E-state index contributed by atoms with van der Waals surface area (Å²) in [6.07, 6.45) is 0.521. The average Bonchev–Trinajstić information content (AvgIpc) is 2.63. The number of fused-ring (bicyclic) bond motifs is 1. The standard InChI is InChI=1S/C13H14N2O4/c16-11(17)6-3-7-14-8-15-12(18)9-4-1-2-5-10(9)13(15)19/h1-2,4-5,14H,3,6-8H2,(H,16,17). The van der Waals surface area contributed by atoms with E-state index in [0.29, 0.717) is 24.1 Å². The van der Waals surface area contributed by atoms with Crippen molar-refractivity contribution in [2.45, 2.75) is 12.8 Å². The van der Waals surface area contributed by atoms with Crippen LogP contribution in [0.2, 0.25) is 0 Å². The number of carboxylic acid groups (broad SMARTS) is 1. The predicted molar refractivity (Wildman–Crippen MR) is 66.7 cm³/mol. The molecule has 0 aliphatic carbocycles. The topological polar surface area (TPSA) is 86.7 Å². The summed E-state index contributed by atoms with van der Waals surface area (Å²) in [6.45, 7) is 0.547. The second-order valence-corrected chi connectivity index (χ2v) is 4.24. The van der Waals surface area contributed by atoms with Crippen molar-refractivity contribution in [2.24, 2.45) is 0 Å². The van der Waals surface area contributed by atoms with E-state index in [9.17, 15) is 14.4 Å². The van der Waals surface area contributed by atoms with Gasteiger partial charge in [-0.05, 0) is 25.1 Å². The minimum absolute atomic E-state index is 0.0646. The van der Waals surface area contributed by atoms with Gasteiger partial charge in [0.1, 0.15) is 0 Å². The largest absolute Gasteiger partial charge is 0.481 e. The van der Waals surface area contributed by atoms with Crippen molar-refractivity contribution < 1.29 is 19.5 Å². The van der Waals surface area contributed by atoms with Crippen molar-refractivity contribution in [3.05, 3.63) is 35.4 Å². The van der Waals surface area contributed by atoms with Crippen molar-refractivity contribution >= 4 is 17.8 Å². The molecule has 19 heavy (non-hydrogen) atoms. The number of imide groups is 1. The first-order valence-corrected chi connectivity index (χ1v) is 5.99. The summed E-state index contributed by atoms with van der Waals surface area (Å²) >= 11 is 0. The van der Waals surface area contributed by atoms with E-state index in [4.69, 9.17) is 5.11 Å². The van der Waals surface area contributed by atoms with Gasteiger partial charge in [-0.2, -0.15) is 0 Å². The molecule has 6 heteroatoms. The van der Waals surface area contributed by atoms with E-state index in [1.165, 1.54) is 0 Å². The number of nitrogens with one attached hydrogen (secondary N) is 1. The van der Waals surface area contributed by atoms with Crippen LogP contribution in [0.1, 0.15) is 33.6 Å². The molecule has 0 saturated heterocycles. The molecule has 2 rings (SSSR count). The molecule has 0 aromatic heterocycles. The Morgan fingerprint density at radius 1 is 1.16 bits per heavy atom. The predicted octanol–water partition coefficient (Wildman–Crippen LogP) is 0.694. The first kappa shape index (κ1) is 13.2. The molecule has 0 fully saturated rings. The molecule has 0 atom stereocenters. The van der Waals surface area contributed by atoms with Crippen molar-refractivity contribution in [2.75, 3.05) is 13.2 Å². The van der Waals surface area contributed by atoms with E-state index in [1.807, 2.05) is 0 Å². The van der Waals surface area contributed by atoms with Crippen molar-refractivity contribution in [1.29, 1.82) is 0 Å². The number of benzene rings is 1. The molecule has 1 aromatic rings. The lowest BCUT2D eigenvalue weighted by Crippen LogP contribution is -2.38. The highest BCUT2D eigenvalue weighted by molar-refractivity contribution is 6.21. The molecule has 1 heterocycles. The van der Waals surface area contributed by atoms with E-state index in [2.05, 4.69) is 5.32 Å². The first-order valence-electron chi connectivity index (χ1n) is 5.99. The van der Waals surface area contributed by atoms with Crippen molar-refractivity contribution in [1.82, 2.24) is 10.2 Å². The van der Waals surface area contributed by atoms with Crippen LogP contribution in [0.25, 0.3) is 0 Å². The van der Waals surface area contributed by atoms with Crippen molar-refractivity contribution in [3.8, 4) is 0 Å².